The van der Waals surface area contributed by atoms with Crippen LogP contribution in [0.3, 0.4) is 0 Å². The molecule has 72 valence electrons. The number of hydrogen-bond acceptors (Lipinski definition) is 3. The molecular formula is C9H13NO2S. The van der Waals surface area contributed by atoms with Gasteiger partial charge in [0.25, 0.3) is 0 Å². The molecule has 2 amide bonds. The van der Waals surface area contributed by atoms with Gasteiger partial charge in [0.15, 0.2) is 0 Å². The molecule has 1 unspecified atom stereocenters. The number of rotatable bonds is 0. The molecule has 0 aliphatic carbocycles. The Bertz CT molecular complexity index is 248. The van der Waals surface area contributed by atoms with E-state index in [9.17, 15) is 9.59 Å². The van der Waals surface area contributed by atoms with E-state index in [1.54, 1.807) is 0 Å². The van der Waals surface area contributed by atoms with E-state index in [4.69, 9.17) is 0 Å². The van der Waals surface area contributed by atoms with E-state index >= 15 is 0 Å². The smallest absolute Gasteiger partial charge is 0.227 e. The average Bonchev–Trinajstić information content (AvgIpc) is 2.30. The van der Waals surface area contributed by atoms with Crippen LogP contribution in [-0.4, -0.2) is 22.8 Å². The zero-order valence-electron chi connectivity index (χ0n) is 7.63. The predicted octanol–water partition coefficient (Wildman–Crippen LogP) is 0.935. The van der Waals surface area contributed by atoms with Crippen LogP contribution in [0.4, 0.5) is 0 Å². The number of amides is 2. The molecule has 3 nitrogen and oxygen atoms in total. The van der Waals surface area contributed by atoms with Crippen molar-refractivity contribution in [3.8, 4) is 0 Å². The Labute approximate surface area is 81.6 Å². The number of carbonyl (C=O) groups is 2. The van der Waals surface area contributed by atoms with Crippen molar-refractivity contribution in [3.63, 3.8) is 0 Å². The maximum Gasteiger partial charge on any atom is 0.227 e. The first-order valence-corrected chi connectivity index (χ1v) is 5.62. The van der Waals surface area contributed by atoms with Crippen molar-refractivity contribution in [3.05, 3.63) is 0 Å². The molecule has 1 spiro atoms. The van der Waals surface area contributed by atoms with Crippen LogP contribution < -0.4 is 5.32 Å². The highest BCUT2D eigenvalue weighted by atomic mass is 32.2. The van der Waals surface area contributed by atoms with E-state index in [0.717, 1.165) is 12.2 Å². The van der Waals surface area contributed by atoms with Crippen molar-refractivity contribution >= 4 is 23.6 Å². The third-order valence-electron chi connectivity index (χ3n) is 3.13. The summed E-state index contributed by atoms with van der Waals surface area (Å²) in [5.74, 6) is 0.901. The molecule has 2 aliphatic heterocycles. The molecule has 0 bridgehead atoms. The van der Waals surface area contributed by atoms with Gasteiger partial charge in [-0.25, -0.2) is 0 Å². The quantitative estimate of drug-likeness (QED) is 0.590. The Morgan fingerprint density at radius 1 is 1.38 bits per heavy atom. The third-order valence-corrected chi connectivity index (χ3v) is 4.57. The molecule has 0 saturated carbocycles. The molecule has 13 heavy (non-hydrogen) atoms. The van der Waals surface area contributed by atoms with Crippen LogP contribution in [0.5, 0.6) is 0 Å². The standard InChI is InChI=1S/C9H13NO2S/c1-6-9(2-3-13-6)4-7(11)10-8(12)5-9/h6H,2-5H2,1H3,(H,10,11,12). The predicted molar refractivity (Wildman–Crippen MR) is 51.4 cm³/mol. The fraction of sp³-hybridized carbons (Fsp3) is 0.778. The summed E-state index contributed by atoms with van der Waals surface area (Å²) in [7, 11) is 0. The largest absolute Gasteiger partial charge is 0.296 e. The minimum atomic E-state index is -0.0920. The van der Waals surface area contributed by atoms with Crippen molar-refractivity contribution in [2.24, 2.45) is 5.41 Å². The highest BCUT2D eigenvalue weighted by Crippen LogP contribution is 2.48. The minimum Gasteiger partial charge on any atom is -0.296 e. The minimum absolute atomic E-state index is 0.0237. The van der Waals surface area contributed by atoms with Gasteiger partial charge in [-0.15, -0.1) is 0 Å². The summed E-state index contributed by atoms with van der Waals surface area (Å²) in [4.78, 5) is 22.5. The summed E-state index contributed by atoms with van der Waals surface area (Å²) in [6, 6.07) is 0. The van der Waals surface area contributed by atoms with Crippen LogP contribution in [0, 0.1) is 5.41 Å². The number of piperidine rings is 1. The third kappa shape index (κ3) is 1.47. The van der Waals surface area contributed by atoms with Gasteiger partial charge in [0.2, 0.25) is 11.8 Å². The maximum absolute atomic E-state index is 11.2. The van der Waals surface area contributed by atoms with Crippen molar-refractivity contribution in [2.75, 3.05) is 5.75 Å². The fourth-order valence-electron chi connectivity index (χ4n) is 2.23. The maximum atomic E-state index is 11.2. The number of hydrogen-bond donors (Lipinski definition) is 1. The first-order valence-electron chi connectivity index (χ1n) is 4.57. The summed E-state index contributed by atoms with van der Waals surface area (Å²) in [5, 5.41) is 2.81. The molecule has 1 atom stereocenters. The van der Waals surface area contributed by atoms with Gasteiger partial charge in [-0.3, -0.25) is 14.9 Å². The second-order valence-corrected chi connectivity index (χ2v) is 5.40. The van der Waals surface area contributed by atoms with Gasteiger partial charge in [-0.05, 0) is 12.2 Å². The summed E-state index contributed by atoms with van der Waals surface area (Å²) in [6.45, 7) is 2.13. The Hall–Kier alpha value is -0.510. The van der Waals surface area contributed by atoms with Gasteiger partial charge >= 0.3 is 0 Å². The molecular weight excluding hydrogens is 186 g/mol. The van der Waals surface area contributed by atoms with Gasteiger partial charge in [0.05, 0.1) is 0 Å². The molecule has 0 radical (unpaired) electrons. The summed E-state index contributed by atoms with van der Waals surface area (Å²) < 4.78 is 0. The second-order valence-electron chi connectivity index (χ2n) is 3.95. The molecule has 0 aromatic carbocycles. The average molecular weight is 199 g/mol. The van der Waals surface area contributed by atoms with Gasteiger partial charge in [-0.1, -0.05) is 6.92 Å². The van der Waals surface area contributed by atoms with Crippen molar-refractivity contribution in [2.45, 2.75) is 31.4 Å². The summed E-state index contributed by atoms with van der Waals surface area (Å²) in [5.41, 5.74) is -0.0237. The lowest BCUT2D eigenvalue weighted by atomic mass is 9.74. The van der Waals surface area contributed by atoms with E-state index in [1.165, 1.54) is 0 Å². The SMILES string of the molecule is CC1SCCC12CC(=O)NC(=O)C2. The van der Waals surface area contributed by atoms with E-state index in [2.05, 4.69) is 12.2 Å². The first kappa shape index (κ1) is 9.06. The Morgan fingerprint density at radius 2 is 2.00 bits per heavy atom. The van der Waals surface area contributed by atoms with E-state index in [1.807, 2.05) is 11.8 Å². The molecule has 4 heteroatoms. The van der Waals surface area contributed by atoms with Gasteiger partial charge in [0.1, 0.15) is 0 Å². The highest BCUT2D eigenvalue weighted by molar-refractivity contribution is 8.00. The van der Waals surface area contributed by atoms with Gasteiger partial charge in [0, 0.05) is 23.5 Å². The van der Waals surface area contributed by atoms with Gasteiger partial charge in [-0.2, -0.15) is 11.8 Å². The molecule has 2 aliphatic rings. The van der Waals surface area contributed by atoms with Crippen LogP contribution in [0.1, 0.15) is 26.2 Å². The summed E-state index contributed by atoms with van der Waals surface area (Å²) >= 11 is 1.87. The normalized spacial score (nSPS) is 32.2. The van der Waals surface area contributed by atoms with Crippen molar-refractivity contribution < 1.29 is 9.59 Å². The zero-order valence-corrected chi connectivity index (χ0v) is 8.45. The second kappa shape index (κ2) is 3.01. The number of thioether (sulfide) groups is 1. The van der Waals surface area contributed by atoms with E-state index in [-0.39, 0.29) is 17.2 Å². The summed E-state index contributed by atoms with van der Waals surface area (Å²) in [6.07, 6.45) is 2.08. The van der Waals surface area contributed by atoms with Crippen LogP contribution in [0.15, 0.2) is 0 Å². The Morgan fingerprint density at radius 3 is 2.46 bits per heavy atom. The van der Waals surface area contributed by atoms with Crippen molar-refractivity contribution in [1.29, 1.82) is 0 Å². The molecule has 2 heterocycles. The topological polar surface area (TPSA) is 46.2 Å². The van der Waals surface area contributed by atoms with E-state index < -0.39 is 0 Å². The Balaban J connectivity index is 2.21. The number of imide groups is 1. The fourth-order valence-corrected chi connectivity index (χ4v) is 3.75. The molecule has 2 saturated heterocycles. The lowest BCUT2D eigenvalue weighted by Gasteiger charge is -2.34. The Kier molecular flexibility index (Phi) is 2.10. The molecule has 1 N–H and O–H groups in total. The highest BCUT2D eigenvalue weighted by Gasteiger charge is 2.46. The van der Waals surface area contributed by atoms with Crippen LogP contribution in [0.2, 0.25) is 0 Å². The monoisotopic (exact) mass is 199 g/mol. The van der Waals surface area contributed by atoms with E-state index in [0.29, 0.717) is 18.1 Å². The molecule has 0 aromatic rings. The van der Waals surface area contributed by atoms with Gasteiger partial charge < -0.3 is 0 Å². The lowest BCUT2D eigenvalue weighted by molar-refractivity contribution is -0.137. The number of carbonyl (C=O) groups excluding carboxylic acids is 2. The van der Waals surface area contributed by atoms with Crippen LogP contribution in [0.25, 0.3) is 0 Å². The lowest BCUT2D eigenvalue weighted by Crippen LogP contribution is -2.46. The first-order chi connectivity index (χ1) is 6.12. The zero-order chi connectivity index (χ0) is 9.47. The number of nitrogens with one attached hydrogen (secondary N) is 1. The molecule has 2 fully saturated rings. The molecule has 0 aromatic heterocycles. The molecule has 2 rings (SSSR count). The van der Waals surface area contributed by atoms with Crippen LogP contribution >= 0.6 is 11.8 Å². The van der Waals surface area contributed by atoms with Crippen LogP contribution in [-0.2, 0) is 9.59 Å². The van der Waals surface area contributed by atoms with Crippen molar-refractivity contribution in [1.82, 2.24) is 5.32 Å².